The maximum Gasteiger partial charge on any atom is 0.277 e. The van der Waals surface area contributed by atoms with Gasteiger partial charge in [-0.1, -0.05) is 65.8 Å². The van der Waals surface area contributed by atoms with Gasteiger partial charge in [0.1, 0.15) is 0 Å². The fourth-order valence-electron chi connectivity index (χ4n) is 3.05. The molecule has 7 heteroatoms. The maximum absolute atomic E-state index is 12.6. The summed E-state index contributed by atoms with van der Waals surface area (Å²) in [6, 6.07) is 21.5. The molecule has 4 rings (SSSR count). The lowest BCUT2D eigenvalue weighted by molar-refractivity contribution is 0.101. The molecule has 0 saturated carbocycles. The molecular weight excluding hydrogens is 384 g/mol. The topological polar surface area (TPSA) is 73.0 Å². The number of amides is 1. The third-order valence-corrected chi connectivity index (χ3v) is 5.14. The fraction of sp³-hybridized carbons (Fsp3) is 0.136. The van der Waals surface area contributed by atoms with Crippen molar-refractivity contribution in [1.82, 2.24) is 14.9 Å². The maximum atomic E-state index is 12.6. The van der Waals surface area contributed by atoms with Crippen molar-refractivity contribution in [3.05, 3.63) is 90.4 Å². The lowest BCUT2D eigenvalue weighted by Crippen LogP contribution is -2.14. The lowest BCUT2D eigenvalue weighted by atomic mass is 10.1. The molecule has 29 heavy (non-hydrogen) atoms. The van der Waals surface area contributed by atoms with Crippen LogP contribution in [0.2, 0.25) is 0 Å². The Bertz CT molecular complexity index is 1080. The van der Waals surface area contributed by atoms with Gasteiger partial charge >= 0.3 is 0 Å². The van der Waals surface area contributed by atoms with Gasteiger partial charge in [0, 0.05) is 23.6 Å². The summed E-state index contributed by atoms with van der Waals surface area (Å²) in [5.41, 5.74) is 2.88. The predicted octanol–water partition coefficient (Wildman–Crippen LogP) is 4.74. The molecule has 2 aromatic carbocycles. The predicted molar refractivity (Wildman–Crippen MR) is 115 cm³/mol. The number of thioether (sulfide) groups is 1. The van der Waals surface area contributed by atoms with E-state index in [0.29, 0.717) is 11.4 Å². The van der Waals surface area contributed by atoms with Crippen LogP contribution in [0.3, 0.4) is 0 Å². The SMILES string of the molecule is CSCC(c1ccccc1)n1cc(NC(=O)c2cc(-c3ccccc3)on2)cn1. The first-order valence-corrected chi connectivity index (χ1v) is 10.6. The largest absolute Gasteiger partial charge is 0.355 e. The van der Waals surface area contributed by atoms with Crippen molar-refractivity contribution in [2.75, 3.05) is 17.3 Å². The summed E-state index contributed by atoms with van der Waals surface area (Å²) in [6.45, 7) is 0. The van der Waals surface area contributed by atoms with Crippen molar-refractivity contribution in [3.8, 4) is 11.3 Å². The Labute approximate surface area is 172 Å². The molecule has 146 valence electrons. The second-order valence-electron chi connectivity index (χ2n) is 6.49. The molecule has 2 aromatic heterocycles. The molecule has 0 bridgehead atoms. The first-order chi connectivity index (χ1) is 14.2. The summed E-state index contributed by atoms with van der Waals surface area (Å²) in [5, 5.41) is 11.2. The van der Waals surface area contributed by atoms with Gasteiger partial charge in [0.25, 0.3) is 5.91 Å². The molecule has 2 heterocycles. The molecule has 4 aromatic rings. The average Bonchev–Trinajstić information content (AvgIpc) is 3.43. The van der Waals surface area contributed by atoms with Gasteiger partial charge in [-0.3, -0.25) is 9.48 Å². The van der Waals surface area contributed by atoms with Crippen molar-refractivity contribution in [1.29, 1.82) is 0 Å². The van der Waals surface area contributed by atoms with Crippen molar-refractivity contribution in [3.63, 3.8) is 0 Å². The normalized spacial score (nSPS) is 11.9. The second-order valence-corrected chi connectivity index (χ2v) is 7.40. The fourth-order valence-corrected chi connectivity index (χ4v) is 3.71. The number of rotatable bonds is 7. The van der Waals surface area contributed by atoms with Gasteiger partial charge in [-0.25, -0.2) is 0 Å². The van der Waals surface area contributed by atoms with Crippen LogP contribution < -0.4 is 5.32 Å². The number of aromatic nitrogens is 3. The highest BCUT2D eigenvalue weighted by Crippen LogP contribution is 2.24. The van der Waals surface area contributed by atoms with Crippen LogP contribution >= 0.6 is 11.8 Å². The van der Waals surface area contributed by atoms with E-state index in [2.05, 4.69) is 34.0 Å². The van der Waals surface area contributed by atoms with Crippen LogP contribution in [0.5, 0.6) is 0 Å². The van der Waals surface area contributed by atoms with E-state index in [1.807, 2.05) is 59.4 Å². The molecule has 6 nitrogen and oxygen atoms in total. The molecule has 1 amide bonds. The summed E-state index contributed by atoms with van der Waals surface area (Å²) < 4.78 is 7.18. The van der Waals surface area contributed by atoms with Crippen molar-refractivity contribution >= 4 is 23.4 Å². The molecule has 1 atom stereocenters. The van der Waals surface area contributed by atoms with Crippen molar-refractivity contribution < 1.29 is 9.32 Å². The molecule has 0 aliphatic heterocycles. The Morgan fingerprint density at radius 3 is 2.59 bits per heavy atom. The Balaban J connectivity index is 1.49. The highest BCUT2D eigenvalue weighted by Gasteiger charge is 2.17. The lowest BCUT2D eigenvalue weighted by Gasteiger charge is -2.16. The average molecular weight is 404 g/mol. The van der Waals surface area contributed by atoms with E-state index in [9.17, 15) is 4.79 Å². The van der Waals surface area contributed by atoms with E-state index in [0.717, 1.165) is 11.3 Å². The van der Waals surface area contributed by atoms with E-state index in [1.165, 1.54) is 5.56 Å². The van der Waals surface area contributed by atoms with E-state index in [-0.39, 0.29) is 17.6 Å². The number of nitrogens with one attached hydrogen (secondary N) is 1. The number of hydrogen-bond acceptors (Lipinski definition) is 5. The minimum absolute atomic E-state index is 0.0913. The smallest absolute Gasteiger partial charge is 0.277 e. The van der Waals surface area contributed by atoms with Gasteiger partial charge in [0.05, 0.1) is 17.9 Å². The third kappa shape index (κ3) is 4.41. The van der Waals surface area contributed by atoms with Crippen LogP contribution in [0.1, 0.15) is 22.1 Å². The molecule has 0 radical (unpaired) electrons. The Kier molecular flexibility index (Phi) is 5.76. The van der Waals surface area contributed by atoms with Crippen LogP contribution in [-0.4, -0.2) is 32.9 Å². The molecule has 1 N–H and O–H groups in total. The van der Waals surface area contributed by atoms with E-state index in [1.54, 1.807) is 24.0 Å². The highest BCUT2D eigenvalue weighted by atomic mass is 32.2. The van der Waals surface area contributed by atoms with Gasteiger partial charge in [-0.2, -0.15) is 16.9 Å². The Morgan fingerprint density at radius 2 is 1.86 bits per heavy atom. The summed E-state index contributed by atoms with van der Waals surface area (Å²) in [6.07, 6.45) is 5.55. The standard InChI is InChI=1S/C22H20N4O2S/c1-29-15-20(16-8-4-2-5-9-16)26-14-18(13-23-26)24-22(27)19-12-21(28-25-19)17-10-6-3-7-11-17/h2-14,20H,15H2,1H3,(H,24,27). The number of anilines is 1. The molecular formula is C22H20N4O2S. The van der Waals surface area contributed by atoms with Crippen molar-refractivity contribution in [2.45, 2.75) is 6.04 Å². The molecule has 0 aliphatic rings. The molecule has 1 unspecified atom stereocenters. The van der Waals surface area contributed by atoms with E-state index in [4.69, 9.17) is 4.52 Å². The van der Waals surface area contributed by atoms with E-state index >= 15 is 0 Å². The quantitative estimate of drug-likeness (QED) is 0.481. The zero-order chi connectivity index (χ0) is 20.1. The second kappa shape index (κ2) is 8.79. The van der Waals surface area contributed by atoms with Gasteiger partial charge < -0.3 is 9.84 Å². The summed E-state index contributed by atoms with van der Waals surface area (Å²) in [7, 11) is 0. The number of carbonyl (C=O) groups excluding carboxylic acids is 1. The van der Waals surface area contributed by atoms with Gasteiger partial charge in [-0.05, 0) is 11.8 Å². The monoisotopic (exact) mass is 404 g/mol. The van der Waals surface area contributed by atoms with Crippen LogP contribution in [0.4, 0.5) is 5.69 Å². The number of hydrogen-bond donors (Lipinski definition) is 1. The van der Waals surface area contributed by atoms with Crippen LogP contribution in [0.25, 0.3) is 11.3 Å². The first-order valence-electron chi connectivity index (χ1n) is 9.16. The Hall–Kier alpha value is -3.32. The van der Waals surface area contributed by atoms with Crippen molar-refractivity contribution in [2.24, 2.45) is 0 Å². The zero-order valence-corrected chi connectivity index (χ0v) is 16.7. The number of nitrogens with zero attached hydrogens (tertiary/aromatic N) is 3. The number of benzene rings is 2. The van der Waals surface area contributed by atoms with Crippen LogP contribution in [-0.2, 0) is 0 Å². The summed E-state index contributed by atoms with van der Waals surface area (Å²) in [4.78, 5) is 12.6. The minimum Gasteiger partial charge on any atom is -0.355 e. The van der Waals surface area contributed by atoms with Crippen LogP contribution in [0.15, 0.2) is 83.6 Å². The first kappa shape index (κ1) is 19.0. The summed E-state index contributed by atoms with van der Waals surface area (Å²) >= 11 is 1.75. The Morgan fingerprint density at radius 1 is 1.14 bits per heavy atom. The zero-order valence-electron chi connectivity index (χ0n) is 15.9. The van der Waals surface area contributed by atoms with Gasteiger partial charge in [0.15, 0.2) is 11.5 Å². The molecule has 0 spiro atoms. The van der Waals surface area contributed by atoms with Crippen LogP contribution in [0, 0.1) is 0 Å². The summed E-state index contributed by atoms with van der Waals surface area (Å²) in [5.74, 6) is 1.09. The third-order valence-electron chi connectivity index (χ3n) is 4.49. The molecule has 0 saturated heterocycles. The number of carbonyl (C=O) groups is 1. The van der Waals surface area contributed by atoms with Gasteiger partial charge in [-0.15, -0.1) is 0 Å². The molecule has 0 fully saturated rings. The highest BCUT2D eigenvalue weighted by molar-refractivity contribution is 7.98. The molecule has 0 aliphatic carbocycles. The van der Waals surface area contributed by atoms with E-state index < -0.39 is 0 Å². The van der Waals surface area contributed by atoms with Gasteiger partial charge in [0.2, 0.25) is 0 Å². The minimum atomic E-state index is -0.336.